The highest BCUT2D eigenvalue weighted by Crippen LogP contribution is 2.29. The van der Waals surface area contributed by atoms with Crippen LogP contribution in [-0.2, 0) is 4.79 Å². The summed E-state index contributed by atoms with van der Waals surface area (Å²) in [5.74, 6) is -0.292. The van der Waals surface area contributed by atoms with E-state index in [0.717, 1.165) is 12.8 Å². The minimum absolute atomic E-state index is 0.102. The molecule has 1 aliphatic carbocycles. The zero-order valence-electron chi connectivity index (χ0n) is 9.37. The van der Waals surface area contributed by atoms with E-state index in [1.165, 1.54) is 18.6 Å². The van der Waals surface area contributed by atoms with Crippen LogP contribution in [0.4, 0.5) is 10.1 Å². The van der Waals surface area contributed by atoms with Crippen LogP contribution in [0, 0.1) is 23.1 Å². The molecule has 0 aromatic heterocycles. The molecule has 4 heteroatoms. The van der Waals surface area contributed by atoms with Gasteiger partial charge in [0.1, 0.15) is 17.4 Å². The minimum atomic E-state index is -0.603. The topological polar surface area (TPSA) is 52.9 Å². The number of carbonyl (C=O) groups excluding carboxylic acids is 1. The van der Waals surface area contributed by atoms with Crippen LogP contribution in [0.1, 0.15) is 31.2 Å². The van der Waals surface area contributed by atoms with Crippen molar-refractivity contribution < 1.29 is 9.18 Å². The van der Waals surface area contributed by atoms with Crippen LogP contribution in [0.3, 0.4) is 0 Å². The summed E-state index contributed by atoms with van der Waals surface area (Å²) in [7, 11) is 0. The molecule has 1 saturated carbocycles. The van der Waals surface area contributed by atoms with Crippen molar-refractivity contribution >= 4 is 11.6 Å². The number of anilines is 1. The zero-order chi connectivity index (χ0) is 12.3. The smallest absolute Gasteiger partial charge is 0.224 e. The molecule has 0 spiro atoms. The summed E-state index contributed by atoms with van der Waals surface area (Å²) in [4.78, 5) is 11.7. The molecule has 1 aromatic rings. The maximum Gasteiger partial charge on any atom is 0.224 e. The molecule has 1 aliphatic rings. The van der Waals surface area contributed by atoms with Crippen LogP contribution >= 0.6 is 0 Å². The van der Waals surface area contributed by atoms with Crippen LogP contribution in [0.25, 0.3) is 0 Å². The van der Waals surface area contributed by atoms with Crippen LogP contribution < -0.4 is 5.32 Å². The standard InChI is InChI=1S/C13H13FN2O/c14-11-5-2-6-12(10(11)8-15)16-13(17)7-9-3-1-4-9/h2,5-6,9H,1,3-4,7H2,(H,16,17). The SMILES string of the molecule is N#Cc1c(F)cccc1NC(=O)CC1CCC1. The maximum atomic E-state index is 13.3. The molecule has 0 bridgehead atoms. The lowest BCUT2D eigenvalue weighted by Crippen LogP contribution is -2.21. The van der Waals surface area contributed by atoms with Crippen LogP contribution in [-0.4, -0.2) is 5.91 Å². The van der Waals surface area contributed by atoms with Crippen molar-refractivity contribution in [2.75, 3.05) is 5.32 Å². The lowest BCUT2D eigenvalue weighted by molar-refractivity contribution is -0.117. The zero-order valence-corrected chi connectivity index (χ0v) is 9.37. The molecule has 0 saturated heterocycles. The second-order valence-electron chi connectivity index (χ2n) is 4.32. The fraction of sp³-hybridized carbons (Fsp3) is 0.385. The largest absolute Gasteiger partial charge is 0.325 e. The van der Waals surface area contributed by atoms with Crippen molar-refractivity contribution in [1.82, 2.24) is 0 Å². The van der Waals surface area contributed by atoms with Gasteiger partial charge < -0.3 is 5.32 Å². The first kappa shape index (κ1) is 11.6. The number of nitrogens with zero attached hydrogens (tertiary/aromatic N) is 1. The first-order valence-corrected chi connectivity index (χ1v) is 5.69. The van der Waals surface area contributed by atoms with E-state index in [-0.39, 0.29) is 17.2 Å². The van der Waals surface area contributed by atoms with E-state index in [4.69, 9.17) is 5.26 Å². The average Bonchev–Trinajstić information content (AvgIpc) is 2.24. The van der Waals surface area contributed by atoms with Crippen LogP contribution in [0.2, 0.25) is 0 Å². The molecule has 0 atom stereocenters. The number of benzene rings is 1. The summed E-state index contributed by atoms with van der Waals surface area (Å²) in [6.07, 6.45) is 3.81. The van der Waals surface area contributed by atoms with E-state index in [1.807, 2.05) is 0 Å². The highest BCUT2D eigenvalue weighted by atomic mass is 19.1. The van der Waals surface area contributed by atoms with E-state index in [9.17, 15) is 9.18 Å². The Morgan fingerprint density at radius 1 is 1.53 bits per heavy atom. The predicted molar refractivity (Wildman–Crippen MR) is 61.7 cm³/mol. The predicted octanol–water partition coefficient (Wildman–Crippen LogP) is 2.83. The van der Waals surface area contributed by atoms with Crippen molar-refractivity contribution in [3.8, 4) is 6.07 Å². The molecule has 17 heavy (non-hydrogen) atoms. The lowest BCUT2D eigenvalue weighted by atomic mass is 9.83. The Bertz CT molecular complexity index is 475. The molecule has 0 unspecified atom stereocenters. The summed E-state index contributed by atoms with van der Waals surface area (Å²) >= 11 is 0. The van der Waals surface area contributed by atoms with Crippen LogP contribution in [0.15, 0.2) is 18.2 Å². The third-order valence-corrected chi connectivity index (χ3v) is 3.10. The molecule has 1 aromatic carbocycles. The number of carbonyl (C=O) groups is 1. The number of rotatable bonds is 3. The third kappa shape index (κ3) is 2.62. The van der Waals surface area contributed by atoms with Gasteiger partial charge in [-0.3, -0.25) is 4.79 Å². The molecule has 2 rings (SSSR count). The monoisotopic (exact) mass is 232 g/mol. The molecule has 0 aliphatic heterocycles. The second kappa shape index (κ2) is 4.96. The van der Waals surface area contributed by atoms with Crippen molar-refractivity contribution in [2.45, 2.75) is 25.7 Å². The summed E-state index contributed by atoms with van der Waals surface area (Å²) in [6, 6.07) is 5.99. The lowest BCUT2D eigenvalue weighted by Gasteiger charge is -2.24. The summed E-state index contributed by atoms with van der Waals surface area (Å²) < 4.78 is 13.3. The maximum absolute atomic E-state index is 13.3. The van der Waals surface area contributed by atoms with Gasteiger partial charge >= 0.3 is 0 Å². The Morgan fingerprint density at radius 3 is 2.88 bits per heavy atom. The number of hydrogen-bond acceptors (Lipinski definition) is 2. The van der Waals surface area contributed by atoms with Gasteiger partial charge in [-0.25, -0.2) is 4.39 Å². The number of amides is 1. The quantitative estimate of drug-likeness (QED) is 0.871. The number of nitriles is 1. The fourth-order valence-corrected chi connectivity index (χ4v) is 1.90. The molecular formula is C13H13FN2O. The first-order valence-electron chi connectivity index (χ1n) is 5.69. The number of nitrogens with one attached hydrogen (secondary N) is 1. The van der Waals surface area contributed by atoms with E-state index < -0.39 is 5.82 Å². The van der Waals surface area contributed by atoms with Gasteiger partial charge in [0.15, 0.2) is 0 Å². The van der Waals surface area contributed by atoms with Crippen molar-refractivity contribution in [1.29, 1.82) is 5.26 Å². The molecule has 88 valence electrons. The van der Waals surface area contributed by atoms with Gasteiger partial charge in [-0.15, -0.1) is 0 Å². The molecule has 1 amide bonds. The average molecular weight is 232 g/mol. The Kier molecular flexibility index (Phi) is 3.38. The molecule has 0 radical (unpaired) electrons. The summed E-state index contributed by atoms with van der Waals surface area (Å²) in [5, 5.41) is 11.4. The Labute approximate surface area is 99.2 Å². The molecule has 0 heterocycles. The molecular weight excluding hydrogens is 219 g/mol. The highest BCUT2D eigenvalue weighted by molar-refractivity contribution is 5.92. The summed E-state index contributed by atoms with van der Waals surface area (Å²) in [6.45, 7) is 0. The van der Waals surface area contributed by atoms with Gasteiger partial charge in [0.05, 0.1) is 5.69 Å². The minimum Gasteiger partial charge on any atom is -0.325 e. The normalized spacial score (nSPS) is 14.8. The van der Waals surface area contributed by atoms with Crippen molar-refractivity contribution in [3.05, 3.63) is 29.6 Å². The van der Waals surface area contributed by atoms with Crippen molar-refractivity contribution in [3.63, 3.8) is 0 Å². The van der Waals surface area contributed by atoms with E-state index in [2.05, 4.69) is 5.32 Å². The van der Waals surface area contributed by atoms with Crippen LogP contribution in [0.5, 0.6) is 0 Å². The molecule has 1 fully saturated rings. The first-order chi connectivity index (χ1) is 8.20. The van der Waals surface area contributed by atoms with Gasteiger partial charge in [-0.2, -0.15) is 5.26 Å². The van der Waals surface area contributed by atoms with Crippen molar-refractivity contribution in [2.24, 2.45) is 5.92 Å². The molecule has 3 nitrogen and oxygen atoms in total. The Morgan fingerprint density at radius 2 is 2.29 bits per heavy atom. The van der Waals surface area contributed by atoms with Gasteiger partial charge in [-0.05, 0) is 30.9 Å². The van der Waals surface area contributed by atoms with Gasteiger partial charge in [0.25, 0.3) is 0 Å². The Hall–Kier alpha value is -1.89. The number of halogens is 1. The van der Waals surface area contributed by atoms with Gasteiger partial charge in [0.2, 0.25) is 5.91 Å². The fourth-order valence-electron chi connectivity index (χ4n) is 1.90. The third-order valence-electron chi connectivity index (χ3n) is 3.10. The van der Waals surface area contributed by atoms with E-state index in [1.54, 1.807) is 12.1 Å². The second-order valence-corrected chi connectivity index (χ2v) is 4.32. The highest BCUT2D eigenvalue weighted by Gasteiger charge is 2.21. The summed E-state index contributed by atoms with van der Waals surface area (Å²) in [5.41, 5.74) is 0.159. The molecule has 1 N–H and O–H groups in total. The van der Waals surface area contributed by atoms with E-state index >= 15 is 0 Å². The number of hydrogen-bond donors (Lipinski definition) is 1. The van der Waals surface area contributed by atoms with Gasteiger partial charge in [0, 0.05) is 6.42 Å². The van der Waals surface area contributed by atoms with E-state index in [0.29, 0.717) is 12.3 Å². The Balaban J connectivity index is 2.05. The van der Waals surface area contributed by atoms with Gasteiger partial charge in [-0.1, -0.05) is 12.5 Å².